The number of piperidine rings is 1. The number of aliphatic hydroxyl groups excluding tert-OH is 1. The van der Waals surface area contributed by atoms with E-state index in [1.807, 2.05) is 30.3 Å². The number of carbonyl (C=O) groups is 1. The molecule has 3 rings (SSSR count). The van der Waals surface area contributed by atoms with Gasteiger partial charge in [-0.25, -0.2) is 0 Å². The predicted molar refractivity (Wildman–Crippen MR) is 98.6 cm³/mol. The Morgan fingerprint density at radius 2 is 1.92 bits per heavy atom. The van der Waals surface area contributed by atoms with Crippen molar-refractivity contribution >= 4 is 5.91 Å². The van der Waals surface area contributed by atoms with E-state index in [4.69, 9.17) is 9.47 Å². The van der Waals surface area contributed by atoms with E-state index in [2.05, 4.69) is 10.6 Å². The van der Waals surface area contributed by atoms with Crippen LogP contribution in [0.2, 0.25) is 0 Å². The Hall–Kier alpha value is -2.57. The number of nitrogens with one attached hydrogen (secondary N) is 2. The third-order valence-electron chi connectivity index (χ3n) is 4.88. The Bertz CT molecular complexity index is 766. The molecule has 1 fully saturated rings. The van der Waals surface area contributed by atoms with Crippen LogP contribution >= 0.6 is 0 Å². The normalized spacial score (nSPS) is 22.5. The van der Waals surface area contributed by atoms with E-state index in [0.717, 1.165) is 5.56 Å². The van der Waals surface area contributed by atoms with Crippen molar-refractivity contribution in [1.29, 1.82) is 0 Å². The molecule has 6 nitrogen and oxygen atoms in total. The van der Waals surface area contributed by atoms with Crippen LogP contribution in [-0.4, -0.2) is 44.4 Å². The quantitative estimate of drug-likeness (QED) is 0.760. The number of methoxy groups -OCH3 is 2. The van der Waals surface area contributed by atoms with Crippen molar-refractivity contribution in [3.05, 3.63) is 59.7 Å². The van der Waals surface area contributed by atoms with Crippen molar-refractivity contribution in [2.24, 2.45) is 0 Å². The molecule has 0 saturated carbocycles. The number of para-hydroxylation sites is 1. The van der Waals surface area contributed by atoms with E-state index in [9.17, 15) is 9.90 Å². The summed E-state index contributed by atoms with van der Waals surface area (Å²) in [6.07, 6.45) is -0.171. The van der Waals surface area contributed by atoms with Crippen LogP contribution in [0.25, 0.3) is 0 Å². The predicted octanol–water partition coefficient (Wildman–Crippen LogP) is 1.68. The van der Waals surface area contributed by atoms with Crippen LogP contribution in [0.15, 0.2) is 48.5 Å². The van der Waals surface area contributed by atoms with Crippen LogP contribution in [0.3, 0.4) is 0 Å². The van der Waals surface area contributed by atoms with E-state index in [0.29, 0.717) is 36.6 Å². The Morgan fingerprint density at radius 1 is 1.15 bits per heavy atom. The standard InChI is InChI=1S/C20H24N2O4/c1-25-16-10-6-9-15(18(16)26-2)19(24)22-20(11-12-21-13-17(20)23)14-7-4-3-5-8-14/h3-10,17,21,23H,11-13H2,1-2H3,(H,22,24)/t17-,20-/m1/s1. The molecule has 1 heterocycles. The summed E-state index contributed by atoms with van der Waals surface area (Å²) in [5.41, 5.74) is 0.384. The fraction of sp³-hybridized carbons (Fsp3) is 0.350. The van der Waals surface area contributed by atoms with Gasteiger partial charge in [-0.1, -0.05) is 36.4 Å². The summed E-state index contributed by atoms with van der Waals surface area (Å²) in [6, 6.07) is 14.7. The maximum Gasteiger partial charge on any atom is 0.255 e. The summed E-state index contributed by atoms with van der Waals surface area (Å²) in [4.78, 5) is 13.1. The van der Waals surface area contributed by atoms with Crippen LogP contribution < -0.4 is 20.1 Å². The average Bonchev–Trinajstić information content (AvgIpc) is 2.69. The lowest BCUT2D eigenvalue weighted by molar-refractivity contribution is 0.0288. The molecule has 0 radical (unpaired) electrons. The number of β-amino-alcohol motifs (C(OH)–C–C–N with tert-alkyl or cyclic N) is 1. The summed E-state index contributed by atoms with van der Waals surface area (Å²) in [5.74, 6) is 0.546. The zero-order chi connectivity index (χ0) is 18.6. The highest BCUT2D eigenvalue weighted by atomic mass is 16.5. The molecule has 138 valence electrons. The summed E-state index contributed by atoms with van der Waals surface area (Å²) >= 11 is 0. The molecular formula is C20H24N2O4. The van der Waals surface area contributed by atoms with Crippen molar-refractivity contribution < 1.29 is 19.4 Å². The first-order valence-corrected chi connectivity index (χ1v) is 8.60. The molecule has 26 heavy (non-hydrogen) atoms. The lowest BCUT2D eigenvalue weighted by Crippen LogP contribution is -2.61. The number of rotatable bonds is 5. The second-order valence-corrected chi connectivity index (χ2v) is 6.30. The van der Waals surface area contributed by atoms with E-state index in [1.165, 1.54) is 14.2 Å². The van der Waals surface area contributed by atoms with Gasteiger partial charge in [0.2, 0.25) is 0 Å². The van der Waals surface area contributed by atoms with Gasteiger partial charge in [0.05, 0.1) is 31.4 Å². The molecule has 6 heteroatoms. The molecule has 1 aliphatic rings. The smallest absolute Gasteiger partial charge is 0.255 e. The van der Waals surface area contributed by atoms with Crippen LogP contribution in [-0.2, 0) is 5.54 Å². The van der Waals surface area contributed by atoms with Gasteiger partial charge in [0.1, 0.15) is 0 Å². The van der Waals surface area contributed by atoms with Gasteiger partial charge in [-0.2, -0.15) is 0 Å². The summed E-state index contributed by atoms with van der Waals surface area (Å²) in [6.45, 7) is 1.10. The van der Waals surface area contributed by atoms with Crippen molar-refractivity contribution in [2.75, 3.05) is 27.3 Å². The SMILES string of the molecule is COc1cccc(C(=O)N[C@@]2(c3ccccc3)CCNC[C@H]2O)c1OC. The fourth-order valence-electron chi connectivity index (χ4n) is 3.49. The second-order valence-electron chi connectivity index (χ2n) is 6.30. The molecule has 0 unspecified atom stereocenters. The van der Waals surface area contributed by atoms with Gasteiger partial charge in [0.25, 0.3) is 5.91 Å². The number of hydrogen-bond acceptors (Lipinski definition) is 5. The first kappa shape index (κ1) is 18.2. The Kier molecular flexibility index (Phi) is 5.44. The van der Waals surface area contributed by atoms with Gasteiger partial charge in [0, 0.05) is 6.54 Å². The van der Waals surface area contributed by atoms with Crippen LogP contribution in [0, 0.1) is 0 Å². The molecule has 2 atom stereocenters. The maximum absolute atomic E-state index is 13.1. The van der Waals surface area contributed by atoms with Crippen molar-refractivity contribution in [3.63, 3.8) is 0 Å². The highest BCUT2D eigenvalue weighted by Crippen LogP contribution is 2.34. The molecule has 1 saturated heterocycles. The molecule has 1 amide bonds. The molecule has 0 bridgehead atoms. The summed E-state index contributed by atoms with van der Waals surface area (Å²) < 4.78 is 10.7. The second kappa shape index (κ2) is 7.76. The fourth-order valence-corrected chi connectivity index (χ4v) is 3.49. The van der Waals surface area contributed by atoms with Gasteiger partial charge in [-0.05, 0) is 30.7 Å². The largest absolute Gasteiger partial charge is 0.493 e. The number of amides is 1. The van der Waals surface area contributed by atoms with E-state index in [1.54, 1.807) is 18.2 Å². The Balaban J connectivity index is 1.99. The molecule has 0 spiro atoms. The molecule has 2 aromatic rings. The Morgan fingerprint density at radius 3 is 2.58 bits per heavy atom. The van der Waals surface area contributed by atoms with Crippen molar-refractivity contribution in [2.45, 2.75) is 18.1 Å². The third-order valence-corrected chi connectivity index (χ3v) is 4.88. The minimum Gasteiger partial charge on any atom is -0.493 e. The van der Waals surface area contributed by atoms with Gasteiger partial charge in [0.15, 0.2) is 11.5 Å². The van der Waals surface area contributed by atoms with Crippen LogP contribution in [0.5, 0.6) is 11.5 Å². The number of benzene rings is 2. The lowest BCUT2D eigenvalue weighted by atomic mass is 9.79. The number of ether oxygens (including phenoxy) is 2. The lowest BCUT2D eigenvalue weighted by Gasteiger charge is -2.43. The highest BCUT2D eigenvalue weighted by molar-refractivity contribution is 5.98. The number of carbonyl (C=O) groups excluding carboxylic acids is 1. The average molecular weight is 356 g/mol. The maximum atomic E-state index is 13.1. The first-order valence-electron chi connectivity index (χ1n) is 8.60. The van der Waals surface area contributed by atoms with Crippen LogP contribution in [0.4, 0.5) is 0 Å². The molecular weight excluding hydrogens is 332 g/mol. The molecule has 0 aliphatic carbocycles. The van der Waals surface area contributed by atoms with E-state index >= 15 is 0 Å². The van der Waals surface area contributed by atoms with Gasteiger partial charge in [-0.15, -0.1) is 0 Å². The zero-order valence-electron chi connectivity index (χ0n) is 15.0. The minimum absolute atomic E-state index is 0.314. The first-order chi connectivity index (χ1) is 12.6. The summed E-state index contributed by atoms with van der Waals surface area (Å²) in [7, 11) is 3.03. The van der Waals surface area contributed by atoms with E-state index < -0.39 is 11.6 Å². The highest BCUT2D eigenvalue weighted by Gasteiger charge is 2.43. The van der Waals surface area contributed by atoms with Gasteiger partial charge >= 0.3 is 0 Å². The molecule has 2 aromatic carbocycles. The van der Waals surface area contributed by atoms with Crippen molar-refractivity contribution in [1.82, 2.24) is 10.6 Å². The molecule has 1 aliphatic heterocycles. The van der Waals surface area contributed by atoms with Crippen LogP contribution in [0.1, 0.15) is 22.3 Å². The molecule has 3 N–H and O–H groups in total. The monoisotopic (exact) mass is 356 g/mol. The zero-order valence-corrected chi connectivity index (χ0v) is 15.0. The van der Waals surface area contributed by atoms with Gasteiger partial charge < -0.3 is 25.2 Å². The minimum atomic E-state index is -0.863. The topological polar surface area (TPSA) is 79.8 Å². The third kappa shape index (κ3) is 3.25. The summed E-state index contributed by atoms with van der Waals surface area (Å²) in [5, 5.41) is 17.0. The number of hydrogen-bond donors (Lipinski definition) is 3. The number of aliphatic hydroxyl groups is 1. The van der Waals surface area contributed by atoms with Crippen molar-refractivity contribution in [3.8, 4) is 11.5 Å². The molecule has 0 aromatic heterocycles. The Labute approximate surface area is 153 Å². The van der Waals surface area contributed by atoms with E-state index in [-0.39, 0.29) is 5.91 Å². The van der Waals surface area contributed by atoms with Gasteiger partial charge in [-0.3, -0.25) is 4.79 Å².